The SMILES string of the molecule is Cc1[nH]nc2c1N(C(=O)/C=C/c1ccc3c(c1)CCC3)Cc1sccc1-2. The molecule has 1 aliphatic carbocycles. The van der Waals surface area contributed by atoms with E-state index in [1.165, 1.54) is 28.8 Å². The molecule has 1 N–H and O–H groups in total. The molecule has 0 fully saturated rings. The van der Waals surface area contributed by atoms with Gasteiger partial charge in [-0.3, -0.25) is 14.8 Å². The van der Waals surface area contributed by atoms with Crippen molar-refractivity contribution in [2.75, 3.05) is 4.90 Å². The van der Waals surface area contributed by atoms with Crippen LogP contribution in [-0.2, 0) is 24.2 Å². The summed E-state index contributed by atoms with van der Waals surface area (Å²) in [6, 6.07) is 8.61. The van der Waals surface area contributed by atoms with E-state index in [4.69, 9.17) is 0 Å². The van der Waals surface area contributed by atoms with Crippen LogP contribution in [-0.4, -0.2) is 16.1 Å². The van der Waals surface area contributed by atoms with E-state index < -0.39 is 0 Å². The number of H-pyrrole nitrogens is 1. The number of aromatic nitrogens is 2. The number of fused-ring (bicyclic) bond motifs is 4. The van der Waals surface area contributed by atoms with Crippen LogP contribution in [0.15, 0.2) is 35.7 Å². The number of amides is 1. The molecular formula is C21H19N3OS. The molecule has 2 aliphatic rings. The zero-order valence-corrected chi connectivity index (χ0v) is 15.4. The van der Waals surface area contributed by atoms with E-state index >= 15 is 0 Å². The van der Waals surface area contributed by atoms with E-state index in [-0.39, 0.29) is 5.91 Å². The Kier molecular flexibility index (Phi) is 3.57. The number of hydrogen-bond donors (Lipinski definition) is 1. The summed E-state index contributed by atoms with van der Waals surface area (Å²) >= 11 is 1.68. The van der Waals surface area contributed by atoms with Crippen molar-refractivity contribution in [1.29, 1.82) is 0 Å². The largest absolute Gasteiger partial charge is 0.300 e. The number of benzene rings is 1. The minimum atomic E-state index is -0.00435. The smallest absolute Gasteiger partial charge is 0.251 e. The highest BCUT2D eigenvalue weighted by atomic mass is 32.1. The number of rotatable bonds is 2. The molecule has 5 rings (SSSR count). The van der Waals surface area contributed by atoms with Crippen LogP contribution < -0.4 is 4.90 Å². The maximum absolute atomic E-state index is 13.0. The second kappa shape index (κ2) is 5.95. The predicted octanol–water partition coefficient (Wildman–Crippen LogP) is 4.50. The van der Waals surface area contributed by atoms with Gasteiger partial charge in [-0.05, 0) is 60.4 Å². The Hall–Kier alpha value is -2.66. The summed E-state index contributed by atoms with van der Waals surface area (Å²) in [4.78, 5) is 16.0. The number of thiophene rings is 1. The normalized spacial score (nSPS) is 15.2. The van der Waals surface area contributed by atoms with Crippen molar-refractivity contribution >= 4 is 29.0 Å². The van der Waals surface area contributed by atoms with E-state index in [2.05, 4.69) is 39.8 Å². The van der Waals surface area contributed by atoms with Crippen LogP contribution in [0.25, 0.3) is 17.3 Å². The fourth-order valence-electron chi connectivity index (χ4n) is 3.98. The second-order valence-corrected chi connectivity index (χ2v) is 7.94. The third-order valence-electron chi connectivity index (χ3n) is 5.29. The molecule has 5 heteroatoms. The number of carbonyl (C=O) groups is 1. The summed E-state index contributed by atoms with van der Waals surface area (Å²) in [5.74, 6) is -0.00435. The Balaban J connectivity index is 1.45. The Bertz CT molecular complexity index is 1040. The molecule has 0 bridgehead atoms. The molecule has 0 radical (unpaired) electrons. The zero-order chi connectivity index (χ0) is 17.7. The number of nitrogens with zero attached hydrogens (tertiary/aromatic N) is 2. The maximum atomic E-state index is 13.0. The summed E-state index contributed by atoms with van der Waals surface area (Å²) in [6.07, 6.45) is 7.18. The van der Waals surface area contributed by atoms with E-state index in [1.54, 1.807) is 17.4 Å². The molecular weight excluding hydrogens is 342 g/mol. The van der Waals surface area contributed by atoms with Gasteiger partial charge in [0.15, 0.2) is 0 Å². The standard InChI is InChI=1S/C21H19N3OS/c1-13-21-20(23-22-13)17-9-10-26-18(17)12-24(21)19(25)8-6-14-5-7-15-3-2-4-16(15)11-14/h5-11H,2-4,12H2,1H3,(H,22,23)/b8-6+. The Morgan fingerprint density at radius 3 is 3.08 bits per heavy atom. The summed E-state index contributed by atoms with van der Waals surface area (Å²) in [5.41, 5.74) is 7.82. The van der Waals surface area contributed by atoms with Gasteiger partial charge in [0.2, 0.25) is 0 Å². The molecule has 0 unspecified atom stereocenters. The third kappa shape index (κ3) is 2.42. The highest BCUT2D eigenvalue weighted by Crippen LogP contribution is 2.41. The number of aryl methyl sites for hydroxylation is 3. The van der Waals surface area contributed by atoms with Crippen LogP contribution in [0.4, 0.5) is 5.69 Å². The molecule has 0 spiro atoms. The molecule has 1 aromatic carbocycles. The van der Waals surface area contributed by atoms with Gasteiger partial charge in [0.05, 0.1) is 17.9 Å². The lowest BCUT2D eigenvalue weighted by Crippen LogP contribution is -2.31. The average molecular weight is 361 g/mol. The van der Waals surface area contributed by atoms with Crippen LogP contribution in [0.3, 0.4) is 0 Å². The van der Waals surface area contributed by atoms with Crippen molar-refractivity contribution in [3.8, 4) is 11.3 Å². The van der Waals surface area contributed by atoms with Crippen LogP contribution in [0.2, 0.25) is 0 Å². The van der Waals surface area contributed by atoms with Crippen molar-refractivity contribution in [2.24, 2.45) is 0 Å². The minimum Gasteiger partial charge on any atom is -0.300 e. The molecule has 2 aromatic heterocycles. The van der Waals surface area contributed by atoms with Gasteiger partial charge in [-0.25, -0.2) is 0 Å². The highest BCUT2D eigenvalue weighted by molar-refractivity contribution is 7.10. The van der Waals surface area contributed by atoms with Crippen molar-refractivity contribution in [1.82, 2.24) is 10.2 Å². The molecule has 3 aromatic rings. The van der Waals surface area contributed by atoms with E-state index in [0.717, 1.165) is 34.6 Å². The molecule has 1 amide bonds. The van der Waals surface area contributed by atoms with Gasteiger partial charge in [0.25, 0.3) is 5.91 Å². The van der Waals surface area contributed by atoms with Gasteiger partial charge in [0.1, 0.15) is 5.69 Å². The minimum absolute atomic E-state index is 0.00435. The molecule has 26 heavy (non-hydrogen) atoms. The van der Waals surface area contributed by atoms with Crippen molar-refractivity contribution < 1.29 is 4.79 Å². The monoisotopic (exact) mass is 361 g/mol. The first-order valence-electron chi connectivity index (χ1n) is 8.94. The van der Waals surface area contributed by atoms with Crippen molar-refractivity contribution in [3.63, 3.8) is 0 Å². The van der Waals surface area contributed by atoms with Crippen molar-refractivity contribution in [2.45, 2.75) is 32.7 Å². The first kappa shape index (κ1) is 15.6. The lowest BCUT2D eigenvalue weighted by atomic mass is 10.0. The number of hydrogen-bond acceptors (Lipinski definition) is 3. The molecule has 130 valence electrons. The zero-order valence-electron chi connectivity index (χ0n) is 14.6. The Morgan fingerprint density at radius 1 is 1.27 bits per heavy atom. The van der Waals surface area contributed by atoms with Crippen LogP contribution in [0.5, 0.6) is 0 Å². The van der Waals surface area contributed by atoms with Gasteiger partial charge in [0, 0.05) is 16.5 Å². The highest BCUT2D eigenvalue weighted by Gasteiger charge is 2.30. The molecule has 4 nitrogen and oxygen atoms in total. The Morgan fingerprint density at radius 2 is 2.15 bits per heavy atom. The van der Waals surface area contributed by atoms with Gasteiger partial charge in [-0.15, -0.1) is 11.3 Å². The van der Waals surface area contributed by atoms with E-state index in [1.807, 2.05) is 17.9 Å². The first-order valence-corrected chi connectivity index (χ1v) is 9.82. The summed E-state index contributed by atoms with van der Waals surface area (Å²) in [6.45, 7) is 2.57. The maximum Gasteiger partial charge on any atom is 0.251 e. The lowest BCUT2D eigenvalue weighted by molar-refractivity contribution is -0.114. The molecule has 3 heterocycles. The molecule has 1 aliphatic heterocycles. The number of anilines is 1. The van der Waals surface area contributed by atoms with Gasteiger partial charge in [-0.1, -0.05) is 18.2 Å². The summed E-state index contributed by atoms with van der Waals surface area (Å²) < 4.78 is 0. The van der Waals surface area contributed by atoms with Crippen LogP contribution in [0.1, 0.15) is 33.7 Å². The Labute approximate surface area is 156 Å². The van der Waals surface area contributed by atoms with Crippen molar-refractivity contribution in [3.05, 3.63) is 63.0 Å². The van der Waals surface area contributed by atoms with E-state index in [0.29, 0.717) is 6.54 Å². The molecule has 0 atom stereocenters. The quantitative estimate of drug-likeness (QED) is 0.684. The van der Waals surface area contributed by atoms with Gasteiger partial charge in [-0.2, -0.15) is 5.10 Å². The fraction of sp³-hybridized carbons (Fsp3) is 0.238. The predicted molar refractivity (Wildman–Crippen MR) is 105 cm³/mol. The van der Waals surface area contributed by atoms with Gasteiger partial charge >= 0.3 is 0 Å². The summed E-state index contributed by atoms with van der Waals surface area (Å²) in [5, 5.41) is 9.52. The fourth-order valence-corrected chi connectivity index (χ4v) is 4.84. The number of nitrogens with one attached hydrogen (secondary N) is 1. The third-order valence-corrected chi connectivity index (χ3v) is 6.20. The molecule has 0 saturated heterocycles. The van der Waals surface area contributed by atoms with Gasteiger partial charge < -0.3 is 0 Å². The second-order valence-electron chi connectivity index (χ2n) is 6.94. The van der Waals surface area contributed by atoms with Crippen LogP contribution >= 0.6 is 11.3 Å². The molecule has 0 saturated carbocycles. The van der Waals surface area contributed by atoms with E-state index in [9.17, 15) is 4.79 Å². The average Bonchev–Trinajstić information content (AvgIpc) is 3.37. The van der Waals surface area contributed by atoms with Crippen LogP contribution in [0, 0.1) is 6.92 Å². The lowest BCUT2D eigenvalue weighted by Gasteiger charge is -2.26. The first-order chi connectivity index (χ1) is 12.7. The summed E-state index contributed by atoms with van der Waals surface area (Å²) in [7, 11) is 0. The topological polar surface area (TPSA) is 49.0 Å². The number of carbonyl (C=O) groups excluding carboxylic acids is 1. The number of aromatic amines is 1.